The van der Waals surface area contributed by atoms with Crippen molar-refractivity contribution in [2.45, 2.75) is 64.8 Å². The van der Waals surface area contributed by atoms with Gasteiger partial charge in [0.15, 0.2) is 0 Å². The monoisotopic (exact) mass is 223 g/mol. The fourth-order valence-corrected chi connectivity index (χ4v) is 4.08. The highest BCUT2D eigenvalue weighted by molar-refractivity contribution is 4.88. The Kier molecular flexibility index (Phi) is 4.29. The summed E-state index contributed by atoms with van der Waals surface area (Å²) in [5.74, 6) is 3.90. The summed E-state index contributed by atoms with van der Waals surface area (Å²) in [7, 11) is 2.19. The number of hydrogen-bond acceptors (Lipinski definition) is 1. The van der Waals surface area contributed by atoms with Crippen molar-refractivity contribution in [3.05, 3.63) is 0 Å². The summed E-state index contributed by atoms with van der Waals surface area (Å²) in [6, 6.07) is 0.817. The summed E-state index contributed by atoms with van der Waals surface area (Å²) in [6.45, 7) is 4.85. The molecule has 0 spiro atoms. The summed E-state index contributed by atoms with van der Waals surface area (Å²) in [4.78, 5) is 0. The van der Waals surface area contributed by atoms with Crippen LogP contribution in [0.1, 0.15) is 58.8 Å². The zero-order valence-corrected chi connectivity index (χ0v) is 11.3. The predicted molar refractivity (Wildman–Crippen MR) is 70.5 cm³/mol. The van der Waals surface area contributed by atoms with E-state index in [1.165, 1.54) is 44.9 Å². The molecule has 0 amide bonds. The first-order valence-electron chi connectivity index (χ1n) is 7.38. The number of rotatable bonds is 3. The van der Waals surface area contributed by atoms with Gasteiger partial charge in [-0.15, -0.1) is 0 Å². The third-order valence-corrected chi connectivity index (χ3v) is 5.14. The minimum Gasteiger partial charge on any atom is -0.316 e. The molecule has 3 atom stereocenters. The first-order valence-corrected chi connectivity index (χ1v) is 7.38. The lowest BCUT2D eigenvalue weighted by atomic mass is 9.75. The molecule has 0 aromatic rings. The predicted octanol–water partition coefficient (Wildman–Crippen LogP) is 3.84. The van der Waals surface area contributed by atoms with Crippen molar-refractivity contribution in [3.8, 4) is 0 Å². The van der Waals surface area contributed by atoms with Crippen molar-refractivity contribution in [2.24, 2.45) is 23.7 Å². The smallest absolute Gasteiger partial charge is 0.0121 e. The van der Waals surface area contributed by atoms with E-state index in [-0.39, 0.29) is 0 Å². The van der Waals surface area contributed by atoms with Crippen molar-refractivity contribution in [2.75, 3.05) is 7.05 Å². The second-order valence-corrected chi connectivity index (χ2v) is 6.51. The zero-order valence-electron chi connectivity index (χ0n) is 11.3. The molecule has 0 bridgehead atoms. The number of nitrogens with one attached hydrogen (secondary N) is 1. The van der Waals surface area contributed by atoms with Crippen molar-refractivity contribution in [3.63, 3.8) is 0 Å². The van der Waals surface area contributed by atoms with Gasteiger partial charge >= 0.3 is 0 Å². The van der Waals surface area contributed by atoms with Gasteiger partial charge in [0.05, 0.1) is 0 Å². The molecule has 3 unspecified atom stereocenters. The lowest BCUT2D eigenvalue weighted by Crippen LogP contribution is -2.41. The Balaban J connectivity index is 1.89. The maximum Gasteiger partial charge on any atom is 0.0121 e. The maximum atomic E-state index is 3.65. The van der Waals surface area contributed by atoms with Gasteiger partial charge in [-0.25, -0.2) is 0 Å². The van der Waals surface area contributed by atoms with E-state index in [9.17, 15) is 0 Å². The fraction of sp³-hybridized carbons (Fsp3) is 1.00. The van der Waals surface area contributed by atoms with E-state index in [0.29, 0.717) is 0 Å². The minimum absolute atomic E-state index is 0.817. The average Bonchev–Trinajstić information content (AvgIpc) is 2.69. The van der Waals surface area contributed by atoms with Crippen molar-refractivity contribution < 1.29 is 0 Å². The van der Waals surface area contributed by atoms with Crippen LogP contribution in [0.2, 0.25) is 0 Å². The van der Waals surface area contributed by atoms with Gasteiger partial charge in [0.1, 0.15) is 0 Å². The standard InChI is InChI=1S/C15H29N/c1-11-4-7-13(8-5-11)15(16-3)14-9-6-12(2)10-14/h11-16H,4-10H2,1-3H3. The molecule has 0 aromatic heterocycles. The number of hydrogen-bond donors (Lipinski definition) is 1. The molecule has 2 aliphatic carbocycles. The van der Waals surface area contributed by atoms with Crippen LogP contribution in [0.25, 0.3) is 0 Å². The Labute approximate surface area is 101 Å². The van der Waals surface area contributed by atoms with Gasteiger partial charge in [0.25, 0.3) is 0 Å². The molecular weight excluding hydrogens is 194 g/mol. The SMILES string of the molecule is CNC(C1CCC(C)CC1)C1CCC(C)C1. The largest absolute Gasteiger partial charge is 0.316 e. The Hall–Kier alpha value is -0.0400. The van der Waals surface area contributed by atoms with E-state index in [0.717, 1.165) is 29.7 Å². The van der Waals surface area contributed by atoms with Crippen LogP contribution in [-0.4, -0.2) is 13.1 Å². The van der Waals surface area contributed by atoms with Crippen molar-refractivity contribution >= 4 is 0 Å². The van der Waals surface area contributed by atoms with Crippen LogP contribution in [0.5, 0.6) is 0 Å². The van der Waals surface area contributed by atoms with Crippen LogP contribution in [0.3, 0.4) is 0 Å². The molecule has 2 fully saturated rings. The van der Waals surface area contributed by atoms with Gasteiger partial charge in [0.2, 0.25) is 0 Å². The Bertz CT molecular complexity index is 205. The van der Waals surface area contributed by atoms with Crippen LogP contribution in [0, 0.1) is 23.7 Å². The Morgan fingerprint density at radius 2 is 1.38 bits per heavy atom. The van der Waals surface area contributed by atoms with Crippen molar-refractivity contribution in [1.29, 1.82) is 0 Å². The fourth-order valence-electron chi connectivity index (χ4n) is 4.08. The van der Waals surface area contributed by atoms with E-state index in [2.05, 4.69) is 26.2 Å². The minimum atomic E-state index is 0.817. The highest BCUT2D eigenvalue weighted by Gasteiger charge is 2.34. The summed E-state index contributed by atoms with van der Waals surface area (Å²) in [5.41, 5.74) is 0. The second kappa shape index (κ2) is 5.53. The molecule has 1 nitrogen and oxygen atoms in total. The average molecular weight is 223 g/mol. The van der Waals surface area contributed by atoms with Gasteiger partial charge in [-0.05, 0) is 56.4 Å². The molecule has 0 radical (unpaired) electrons. The normalized spacial score (nSPS) is 42.2. The zero-order chi connectivity index (χ0) is 11.5. The molecule has 2 saturated carbocycles. The summed E-state index contributed by atoms with van der Waals surface area (Å²) < 4.78 is 0. The van der Waals surface area contributed by atoms with E-state index in [4.69, 9.17) is 0 Å². The van der Waals surface area contributed by atoms with E-state index >= 15 is 0 Å². The molecule has 0 heterocycles. The van der Waals surface area contributed by atoms with Gasteiger partial charge in [0, 0.05) is 6.04 Å². The third-order valence-electron chi connectivity index (χ3n) is 5.14. The molecule has 16 heavy (non-hydrogen) atoms. The highest BCUT2D eigenvalue weighted by Crippen LogP contribution is 2.39. The molecule has 0 aromatic carbocycles. The molecule has 94 valence electrons. The Morgan fingerprint density at radius 3 is 1.88 bits per heavy atom. The molecule has 2 aliphatic rings. The van der Waals surface area contributed by atoms with E-state index in [1.54, 1.807) is 0 Å². The molecule has 2 rings (SSSR count). The molecule has 0 aliphatic heterocycles. The van der Waals surface area contributed by atoms with Gasteiger partial charge in [-0.2, -0.15) is 0 Å². The third kappa shape index (κ3) is 2.80. The van der Waals surface area contributed by atoms with Crippen LogP contribution in [0.15, 0.2) is 0 Å². The molecule has 1 heteroatoms. The molecule has 0 saturated heterocycles. The van der Waals surface area contributed by atoms with Gasteiger partial charge in [-0.1, -0.05) is 33.1 Å². The summed E-state index contributed by atoms with van der Waals surface area (Å²) >= 11 is 0. The molecule has 1 N–H and O–H groups in total. The van der Waals surface area contributed by atoms with Gasteiger partial charge in [-0.3, -0.25) is 0 Å². The Morgan fingerprint density at radius 1 is 0.812 bits per heavy atom. The first kappa shape index (κ1) is 12.4. The van der Waals surface area contributed by atoms with E-state index < -0.39 is 0 Å². The van der Waals surface area contributed by atoms with Crippen molar-refractivity contribution in [1.82, 2.24) is 5.32 Å². The maximum absolute atomic E-state index is 3.65. The van der Waals surface area contributed by atoms with Crippen LogP contribution >= 0.6 is 0 Å². The van der Waals surface area contributed by atoms with Crippen LogP contribution in [0.4, 0.5) is 0 Å². The lowest BCUT2D eigenvalue weighted by Gasteiger charge is -2.36. The van der Waals surface area contributed by atoms with Crippen LogP contribution in [-0.2, 0) is 0 Å². The van der Waals surface area contributed by atoms with E-state index in [1.807, 2.05) is 0 Å². The quantitative estimate of drug-likeness (QED) is 0.766. The van der Waals surface area contributed by atoms with Crippen LogP contribution < -0.4 is 5.32 Å². The van der Waals surface area contributed by atoms with Gasteiger partial charge < -0.3 is 5.32 Å². The first-order chi connectivity index (χ1) is 7.70. The lowest BCUT2D eigenvalue weighted by molar-refractivity contribution is 0.189. The topological polar surface area (TPSA) is 12.0 Å². The summed E-state index contributed by atoms with van der Waals surface area (Å²) in [5, 5.41) is 3.65. The second-order valence-electron chi connectivity index (χ2n) is 6.51. The molecular formula is C15H29N. The summed E-state index contributed by atoms with van der Waals surface area (Å²) in [6.07, 6.45) is 10.3. The highest BCUT2D eigenvalue weighted by atomic mass is 14.9.